The van der Waals surface area contributed by atoms with Gasteiger partial charge in [0.1, 0.15) is 25.3 Å². The van der Waals surface area contributed by atoms with Crippen molar-refractivity contribution in [3.63, 3.8) is 0 Å². The van der Waals surface area contributed by atoms with Crippen LogP contribution in [-0.2, 0) is 9.47 Å². The zero-order chi connectivity index (χ0) is 17.1. The Morgan fingerprint density at radius 3 is 2.32 bits per heavy atom. The molecule has 124 valence electrons. The molecule has 2 aromatic carbocycles. The molecule has 2 aliphatic heterocycles. The van der Waals surface area contributed by atoms with Crippen molar-refractivity contribution in [2.75, 3.05) is 13.2 Å². The van der Waals surface area contributed by atoms with E-state index in [4.69, 9.17) is 9.47 Å². The molecule has 2 aliphatic rings. The standard InChI is InChI=1S/C20H17N3O2/c21-11-16(19-22-17(12-24-19)14-7-3-1-4-8-14)20-23-18(13-25-20)15-9-5-2-6-10-15/h1-10,17-18,22H,12-13H2/b19-16+/t17-,18-/m0/s1. The molecule has 0 spiro atoms. The molecule has 2 atom stereocenters. The molecule has 0 unspecified atom stereocenters. The number of rotatable bonds is 3. The fourth-order valence-electron chi connectivity index (χ4n) is 2.97. The van der Waals surface area contributed by atoms with Crippen molar-refractivity contribution in [3.05, 3.63) is 83.2 Å². The maximum Gasteiger partial charge on any atom is 0.233 e. The molecule has 1 saturated heterocycles. The van der Waals surface area contributed by atoms with E-state index in [9.17, 15) is 5.26 Å². The van der Waals surface area contributed by atoms with Crippen LogP contribution < -0.4 is 5.32 Å². The van der Waals surface area contributed by atoms with Gasteiger partial charge in [-0.05, 0) is 11.1 Å². The highest BCUT2D eigenvalue weighted by molar-refractivity contribution is 5.98. The summed E-state index contributed by atoms with van der Waals surface area (Å²) in [7, 11) is 0. The molecule has 0 bridgehead atoms. The monoisotopic (exact) mass is 331 g/mol. The zero-order valence-electron chi connectivity index (χ0n) is 13.6. The normalized spacial score (nSPS) is 23.7. The first-order chi connectivity index (χ1) is 12.3. The van der Waals surface area contributed by atoms with E-state index in [2.05, 4.69) is 16.4 Å². The molecule has 5 nitrogen and oxygen atoms in total. The van der Waals surface area contributed by atoms with Crippen LogP contribution in [0.2, 0.25) is 0 Å². The average Bonchev–Trinajstić information content (AvgIpc) is 3.35. The lowest BCUT2D eigenvalue weighted by Gasteiger charge is -2.08. The van der Waals surface area contributed by atoms with Gasteiger partial charge < -0.3 is 14.8 Å². The molecule has 2 heterocycles. The maximum atomic E-state index is 9.57. The minimum atomic E-state index is -0.0912. The predicted octanol–water partition coefficient (Wildman–Crippen LogP) is 3.25. The van der Waals surface area contributed by atoms with Gasteiger partial charge in [-0.2, -0.15) is 5.26 Å². The molecule has 1 N–H and O–H groups in total. The van der Waals surface area contributed by atoms with Crippen molar-refractivity contribution in [2.24, 2.45) is 4.99 Å². The fraction of sp³-hybridized carbons (Fsp3) is 0.200. The quantitative estimate of drug-likeness (QED) is 0.877. The minimum Gasteiger partial charge on any atom is -0.476 e. The lowest BCUT2D eigenvalue weighted by atomic mass is 10.1. The number of hydrogen-bond acceptors (Lipinski definition) is 5. The molecular formula is C20H17N3O2. The molecule has 25 heavy (non-hydrogen) atoms. The summed E-state index contributed by atoms with van der Waals surface area (Å²) in [5, 5.41) is 12.8. The highest BCUT2D eigenvalue weighted by Crippen LogP contribution is 2.28. The average molecular weight is 331 g/mol. The Balaban J connectivity index is 1.57. The van der Waals surface area contributed by atoms with Crippen molar-refractivity contribution < 1.29 is 9.47 Å². The molecular weight excluding hydrogens is 314 g/mol. The number of nitriles is 1. The van der Waals surface area contributed by atoms with Crippen LogP contribution in [0.1, 0.15) is 23.2 Å². The van der Waals surface area contributed by atoms with Gasteiger partial charge in [0.2, 0.25) is 11.8 Å². The fourth-order valence-corrected chi connectivity index (χ4v) is 2.97. The molecule has 0 amide bonds. The molecule has 1 fully saturated rings. The molecule has 0 aliphatic carbocycles. The van der Waals surface area contributed by atoms with Gasteiger partial charge in [0.05, 0.1) is 6.04 Å². The van der Waals surface area contributed by atoms with Crippen molar-refractivity contribution in [2.45, 2.75) is 12.1 Å². The topological polar surface area (TPSA) is 66.6 Å². The van der Waals surface area contributed by atoms with Gasteiger partial charge in [0.15, 0.2) is 5.57 Å². The molecule has 4 rings (SSSR count). The second kappa shape index (κ2) is 6.70. The summed E-state index contributed by atoms with van der Waals surface area (Å²) in [5.41, 5.74) is 2.50. The number of nitrogens with zero attached hydrogens (tertiary/aromatic N) is 2. The highest BCUT2D eigenvalue weighted by atomic mass is 16.5. The summed E-state index contributed by atoms with van der Waals surface area (Å²) < 4.78 is 11.4. The number of nitrogens with one attached hydrogen (secondary N) is 1. The SMILES string of the molecule is N#C/C(C1=N[C@H](c2ccccc2)CO1)=C1/N[C@H](c2ccccc2)CO1. The first kappa shape index (κ1) is 15.3. The van der Waals surface area contributed by atoms with Crippen molar-refractivity contribution >= 4 is 5.90 Å². The Morgan fingerprint density at radius 1 is 0.960 bits per heavy atom. The van der Waals surface area contributed by atoms with Gasteiger partial charge >= 0.3 is 0 Å². The van der Waals surface area contributed by atoms with Gasteiger partial charge in [0.25, 0.3) is 0 Å². The van der Waals surface area contributed by atoms with E-state index in [0.29, 0.717) is 30.6 Å². The van der Waals surface area contributed by atoms with E-state index >= 15 is 0 Å². The van der Waals surface area contributed by atoms with E-state index in [0.717, 1.165) is 11.1 Å². The third-order valence-corrected chi connectivity index (χ3v) is 4.29. The number of hydrogen-bond donors (Lipinski definition) is 1. The van der Waals surface area contributed by atoms with Crippen molar-refractivity contribution in [1.29, 1.82) is 5.26 Å². The lowest BCUT2D eigenvalue weighted by Crippen LogP contribution is -2.17. The molecule has 0 saturated carbocycles. The maximum absolute atomic E-state index is 9.57. The second-order valence-electron chi connectivity index (χ2n) is 5.91. The van der Waals surface area contributed by atoms with Crippen LogP contribution in [0.3, 0.4) is 0 Å². The highest BCUT2D eigenvalue weighted by Gasteiger charge is 2.30. The van der Waals surface area contributed by atoms with Crippen LogP contribution in [0.5, 0.6) is 0 Å². The summed E-state index contributed by atoms with van der Waals surface area (Å²) in [6.45, 7) is 0.903. The van der Waals surface area contributed by atoms with Gasteiger partial charge in [-0.3, -0.25) is 0 Å². The molecule has 0 radical (unpaired) electrons. The summed E-state index contributed by atoms with van der Waals surface area (Å²) in [6.07, 6.45) is 0. The second-order valence-corrected chi connectivity index (χ2v) is 5.91. The van der Waals surface area contributed by atoms with Gasteiger partial charge in [-0.1, -0.05) is 60.7 Å². The van der Waals surface area contributed by atoms with Crippen LogP contribution in [0.15, 0.2) is 77.1 Å². The predicted molar refractivity (Wildman–Crippen MR) is 93.5 cm³/mol. The first-order valence-electron chi connectivity index (χ1n) is 8.19. The van der Waals surface area contributed by atoms with Crippen molar-refractivity contribution in [3.8, 4) is 6.07 Å². The third kappa shape index (κ3) is 3.07. The molecule has 5 heteroatoms. The van der Waals surface area contributed by atoms with Crippen LogP contribution in [0.4, 0.5) is 0 Å². The van der Waals surface area contributed by atoms with Crippen LogP contribution in [0, 0.1) is 11.3 Å². The van der Waals surface area contributed by atoms with Crippen LogP contribution in [0.25, 0.3) is 0 Å². The summed E-state index contributed by atoms with van der Waals surface area (Å²) in [4.78, 5) is 4.57. The first-order valence-corrected chi connectivity index (χ1v) is 8.19. The van der Waals surface area contributed by atoms with E-state index in [1.165, 1.54) is 0 Å². The van der Waals surface area contributed by atoms with Gasteiger partial charge in [-0.25, -0.2) is 4.99 Å². The number of benzene rings is 2. The zero-order valence-corrected chi connectivity index (χ0v) is 13.6. The summed E-state index contributed by atoms with van der Waals surface area (Å²) in [6, 6.07) is 22.0. The Hall–Kier alpha value is -3.26. The van der Waals surface area contributed by atoms with E-state index in [-0.39, 0.29) is 12.1 Å². The Kier molecular flexibility index (Phi) is 4.09. The Labute approximate surface area is 146 Å². The van der Waals surface area contributed by atoms with E-state index in [1.54, 1.807) is 0 Å². The minimum absolute atomic E-state index is 0.0199. The number of aliphatic imine (C=N–C) groups is 1. The summed E-state index contributed by atoms with van der Waals surface area (Å²) in [5.74, 6) is 0.774. The summed E-state index contributed by atoms with van der Waals surface area (Å²) >= 11 is 0. The Morgan fingerprint density at radius 2 is 1.64 bits per heavy atom. The smallest absolute Gasteiger partial charge is 0.233 e. The van der Waals surface area contributed by atoms with Gasteiger partial charge in [-0.15, -0.1) is 0 Å². The molecule has 2 aromatic rings. The Bertz CT molecular complexity index is 854. The van der Waals surface area contributed by atoms with E-state index in [1.807, 2.05) is 60.7 Å². The molecule has 0 aromatic heterocycles. The van der Waals surface area contributed by atoms with Crippen LogP contribution >= 0.6 is 0 Å². The largest absolute Gasteiger partial charge is 0.476 e. The van der Waals surface area contributed by atoms with Crippen molar-refractivity contribution in [1.82, 2.24) is 5.32 Å². The third-order valence-electron chi connectivity index (χ3n) is 4.29. The lowest BCUT2D eigenvalue weighted by molar-refractivity contribution is 0.251. The van der Waals surface area contributed by atoms with E-state index < -0.39 is 0 Å². The van der Waals surface area contributed by atoms with Gasteiger partial charge in [0, 0.05) is 0 Å². The number of ether oxygens (including phenoxy) is 2. The van der Waals surface area contributed by atoms with Crippen LogP contribution in [-0.4, -0.2) is 19.1 Å².